The van der Waals surface area contributed by atoms with E-state index >= 15 is 0 Å². The number of thiazole rings is 1. The average Bonchev–Trinajstić information content (AvgIpc) is 2.62. The van der Waals surface area contributed by atoms with Gasteiger partial charge in [0, 0.05) is 23.8 Å². The van der Waals surface area contributed by atoms with Crippen LogP contribution in [0.5, 0.6) is 0 Å². The maximum Gasteiger partial charge on any atom is 0.226 e. The van der Waals surface area contributed by atoms with Gasteiger partial charge in [0.2, 0.25) is 5.91 Å². The highest BCUT2D eigenvalue weighted by Gasteiger charge is 2.08. The van der Waals surface area contributed by atoms with Crippen LogP contribution in [0.3, 0.4) is 0 Å². The van der Waals surface area contributed by atoms with Crippen molar-refractivity contribution in [1.82, 2.24) is 4.98 Å². The molecule has 1 amide bonds. The number of nitrogens with zero attached hydrogens (tertiary/aromatic N) is 1. The van der Waals surface area contributed by atoms with Crippen molar-refractivity contribution in [3.63, 3.8) is 0 Å². The van der Waals surface area contributed by atoms with E-state index in [1.54, 1.807) is 6.20 Å². The number of anilines is 1. The second kappa shape index (κ2) is 6.11. The van der Waals surface area contributed by atoms with Crippen molar-refractivity contribution in [3.05, 3.63) is 11.1 Å². The first-order chi connectivity index (χ1) is 7.90. The Balaban J connectivity index is 2.51. The van der Waals surface area contributed by atoms with E-state index in [1.165, 1.54) is 17.6 Å². The Morgan fingerprint density at radius 1 is 1.53 bits per heavy atom. The molecule has 96 valence electrons. The zero-order chi connectivity index (χ0) is 12.9. The SMILES string of the molecule is CCCC(=O)Nc1ncc(CCS(C)(=O)=O)s1. The van der Waals surface area contributed by atoms with Crippen LogP contribution in [0, 0.1) is 0 Å². The van der Waals surface area contributed by atoms with Crippen LogP contribution >= 0.6 is 11.3 Å². The van der Waals surface area contributed by atoms with Crippen LogP contribution in [0.25, 0.3) is 0 Å². The third kappa shape index (κ3) is 5.78. The maximum atomic E-state index is 11.3. The predicted octanol–water partition coefficient (Wildman–Crippen LogP) is 1.47. The highest BCUT2D eigenvalue weighted by molar-refractivity contribution is 7.90. The van der Waals surface area contributed by atoms with Crippen LogP contribution in [0.1, 0.15) is 24.6 Å². The predicted molar refractivity (Wildman–Crippen MR) is 69.1 cm³/mol. The van der Waals surface area contributed by atoms with Gasteiger partial charge in [0.05, 0.1) is 5.75 Å². The summed E-state index contributed by atoms with van der Waals surface area (Å²) in [6.07, 6.45) is 4.52. The van der Waals surface area contributed by atoms with E-state index in [4.69, 9.17) is 0 Å². The molecule has 1 N–H and O–H groups in total. The van der Waals surface area contributed by atoms with Gasteiger partial charge in [-0.15, -0.1) is 11.3 Å². The lowest BCUT2D eigenvalue weighted by molar-refractivity contribution is -0.116. The Hall–Kier alpha value is -0.950. The molecule has 0 bridgehead atoms. The fraction of sp³-hybridized carbons (Fsp3) is 0.600. The molecule has 17 heavy (non-hydrogen) atoms. The number of sulfone groups is 1. The summed E-state index contributed by atoms with van der Waals surface area (Å²) >= 11 is 1.32. The summed E-state index contributed by atoms with van der Waals surface area (Å²) in [5.41, 5.74) is 0. The normalized spacial score (nSPS) is 11.4. The lowest BCUT2D eigenvalue weighted by Gasteiger charge is -1.98. The van der Waals surface area contributed by atoms with Gasteiger partial charge in [-0.25, -0.2) is 13.4 Å². The fourth-order valence-electron chi connectivity index (χ4n) is 1.18. The molecule has 7 heteroatoms. The number of aryl methyl sites for hydroxylation is 1. The number of carbonyl (C=O) groups is 1. The van der Waals surface area contributed by atoms with Crippen LogP contribution in [0.2, 0.25) is 0 Å². The molecular formula is C10H16N2O3S2. The van der Waals surface area contributed by atoms with Gasteiger partial charge in [0.1, 0.15) is 9.84 Å². The van der Waals surface area contributed by atoms with Crippen molar-refractivity contribution < 1.29 is 13.2 Å². The van der Waals surface area contributed by atoms with Gasteiger partial charge in [0.15, 0.2) is 5.13 Å². The number of nitrogens with one attached hydrogen (secondary N) is 1. The van der Waals surface area contributed by atoms with E-state index in [9.17, 15) is 13.2 Å². The van der Waals surface area contributed by atoms with E-state index in [2.05, 4.69) is 10.3 Å². The first kappa shape index (κ1) is 14.1. The molecule has 0 aromatic carbocycles. The summed E-state index contributed by atoms with van der Waals surface area (Å²) < 4.78 is 22.0. The molecule has 0 spiro atoms. The van der Waals surface area contributed by atoms with Gasteiger partial charge in [-0.1, -0.05) is 6.92 Å². The third-order valence-electron chi connectivity index (χ3n) is 2.00. The van der Waals surface area contributed by atoms with E-state index in [0.717, 1.165) is 11.3 Å². The maximum absolute atomic E-state index is 11.3. The standard InChI is InChI=1S/C10H16N2O3S2/c1-3-4-9(13)12-10-11-7-8(16-10)5-6-17(2,14)15/h7H,3-6H2,1-2H3,(H,11,12,13). The van der Waals surface area contributed by atoms with Gasteiger partial charge < -0.3 is 5.32 Å². The number of aromatic nitrogens is 1. The van der Waals surface area contributed by atoms with E-state index in [1.807, 2.05) is 6.92 Å². The highest BCUT2D eigenvalue weighted by atomic mass is 32.2. The molecule has 0 atom stereocenters. The van der Waals surface area contributed by atoms with Crippen molar-refractivity contribution in [3.8, 4) is 0 Å². The first-order valence-corrected chi connectivity index (χ1v) is 8.20. The molecule has 0 saturated heterocycles. The third-order valence-corrected chi connectivity index (χ3v) is 3.91. The molecule has 0 saturated carbocycles. The van der Waals surface area contributed by atoms with Gasteiger partial charge in [-0.05, 0) is 12.8 Å². The monoisotopic (exact) mass is 276 g/mol. The molecule has 0 radical (unpaired) electrons. The fourth-order valence-corrected chi connectivity index (χ4v) is 2.72. The minimum atomic E-state index is -2.95. The van der Waals surface area contributed by atoms with E-state index < -0.39 is 9.84 Å². The van der Waals surface area contributed by atoms with Gasteiger partial charge in [-0.3, -0.25) is 4.79 Å². The number of carbonyl (C=O) groups excluding carboxylic acids is 1. The summed E-state index contributed by atoms with van der Waals surface area (Å²) in [4.78, 5) is 16.2. The summed E-state index contributed by atoms with van der Waals surface area (Å²) in [6, 6.07) is 0. The average molecular weight is 276 g/mol. The van der Waals surface area contributed by atoms with E-state index in [-0.39, 0.29) is 11.7 Å². The minimum absolute atomic E-state index is 0.0588. The minimum Gasteiger partial charge on any atom is -0.302 e. The quantitative estimate of drug-likeness (QED) is 0.853. The molecule has 0 unspecified atom stereocenters. The molecule has 1 aromatic rings. The van der Waals surface area contributed by atoms with Gasteiger partial charge in [-0.2, -0.15) is 0 Å². The van der Waals surface area contributed by atoms with E-state index in [0.29, 0.717) is 18.0 Å². The van der Waals surface area contributed by atoms with Crippen molar-refractivity contribution in [1.29, 1.82) is 0 Å². The Bertz CT molecular complexity index is 479. The topological polar surface area (TPSA) is 76.1 Å². The van der Waals surface area contributed by atoms with Crippen molar-refractivity contribution in [2.24, 2.45) is 0 Å². The lowest BCUT2D eigenvalue weighted by atomic mass is 10.3. The molecule has 1 rings (SSSR count). The zero-order valence-corrected chi connectivity index (χ0v) is 11.5. The van der Waals surface area contributed by atoms with Gasteiger partial charge >= 0.3 is 0 Å². The Kier molecular flexibility index (Phi) is 5.07. The van der Waals surface area contributed by atoms with Crippen LogP contribution in [-0.2, 0) is 21.1 Å². The molecular weight excluding hydrogens is 260 g/mol. The molecule has 5 nitrogen and oxygen atoms in total. The lowest BCUT2D eigenvalue weighted by Crippen LogP contribution is -2.09. The summed E-state index contributed by atoms with van der Waals surface area (Å²) in [7, 11) is -2.95. The Labute approximate surface area is 105 Å². The van der Waals surface area contributed by atoms with Crippen LogP contribution in [0.4, 0.5) is 5.13 Å². The number of amides is 1. The van der Waals surface area contributed by atoms with Crippen LogP contribution in [-0.4, -0.2) is 31.3 Å². The Morgan fingerprint density at radius 3 is 2.82 bits per heavy atom. The molecule has 0 aliphatic carbocycles. The van der Waals surface area contributed by atoms with Crippen LogP contribution in [0.15, 0.2) is 6.20 Å². The number of hydrogen-bond donors (Lipinski definition) is 1. The highest BCUT2D eigenvalue weighted by Crippen LogP contribution is 2.19. The molecule has 0 aliphatic heterocycles. The number of hydrogen-bond acceptors (Lipinski definition) is 5. The molecule has 1 aromatic heterocycles. The number of rotatable bonds is 6. The Morgan fingerprint density at radius 2 is 2.24 bits per heavy atom. The summed E-state index contributed by atoms with van der Waals surface area (Å²) in [5.74, 6) is 0.0499. The van der Waals surface area contributed by atoms with Crippen molar-refractivity contribution >= 4 is 32.2 Å². The molecule has 1 heterocycles. The zero-order valence-electron chi connectivity index (χ0n) is 9.89. The second-order valence-corrected chi connectivity index (χ2v) is 7.18. The van der Waals surface area contributed by atoms with Crippen molar-refractivity contribution in [2.45, 2.75) is 26.2 Å². The smallest absolute Gasteiger partial charge is 0.226 e. The first-order valence-electron chi connectivity index (χ1n) is 5.33. The molecule has 0 fully saturated rings. The van der Waals surface area contributed by atoms with Crippen molar-refractivity contribution in [2.75, 3.05) is 17.3 Å². The van der Waals surface area contributed by atoms with Gasteiger partial charge in [0.25, 0.3) is 0 Å². The summed E-state index contributed by atoms with van der Waals surface area (Å²) in [5, 5.41) is 3.21. The summed E-state index contributed by atoms with van der Waals surface area (Å²) in [6.45, 7) is 1.93. The largest absolute Gasteiger partial charge is 0.302 e. The molecule has 0 aliphatic rings. The second-order valence-electron chi connectivity index (χ2n) is 3.81. The van der Waals surface area contributed by atoms with Crippen LogP contribution < -0.4 is 5.32 Å².